The number of carbonyl (C=O) groups excluding carboxylic acids is 1. The second kappa shape index (κ2) is 2.81. The van der Waals surface area contributed by atoms with E-state index in [4.69, 9.17) is 5.11 Å². The number of carboxylic acids is 1. The number of rotatable bonds is 1. The highest BCUT2D eigenvalue weighted by atomic mass is 79.9. The van der Waals surface area contributed by atoms with E-state index in [0.29, 0.717) is 19.4 Å². The molecule has 0 aromatic carbocycles. The SMILES string of the molecule is O=C(O)C1(Br)CCCNC1=O. The topological polar surface area (TPSA) is 66.4 Å². The highest BCUT2D eigenvalue weighted by molar-refractivity contribution is 9.10. The van der Waals surface area contributed by atoms with Gasteiger partial charge >= 0.3 is 5.97 Å². The largest absolute Gasteiger partial charge is 0.480 e. The minimum Gasteiger partial charge on any atom is -0.480 e. The van der Waals surface area contributed by atoms with E-state index in [1.807, 2.05) is 0 Å². The van der Waals surface area contributed by atoms with Gasteiger partial charge in [-0.25, -0.2) is 0 Å². The lowest BCUT2D eigenvalue weighted by molar-refractivity contribution is -0.145. The summed E-state index contributed by atoms with van der Waals surface area (Å²) in [4.78, 5) is 21.6. The highest BCUT2D eigenvalue weighted by Crippen LogP contribution is 2.27. The average molecular weight is 222 g/mol. The zero-order valence-electron chi connectivity index (χ0n) is 5.76. The highest BCUT2D eigenvalue weighted by Gasteiger charge is 2.44. The molecule has 1 rings (SSSR count). The summed E-state index contributed by atoms with van der Waals surface area (Å²) >= 11 is 2.91. The fourth-order valence-electron chi connectivity index (χ4n) is 0.992. The van der Waals surface area contributed by atoms with E-state index in [2.05, 4.69) is 21.2 Å². The van der Waals surface area contributed by atoms with E-state index in [1.165, 1.54) is 0 Å². The average Bonchev–Trinajstić information content (AvgIpc) is 1.95. The van der Waals surface area contributed by atoms with Gasteiger partial charge in [0.2, 0.25) is 10.2 Å². The zero-order valence-corrected chi connectivity index (χ0v) is 7.35. The van der Waals surface area contributed by atoms with E-state index >= 15 is 0 Å². The number of alkyl halides is 1. The summed E-state index contributed by atoms with van der Waals surface area (Å²) in [5, 5.41) is 11.1. The maximum atomic E-state index is 11.0. The van der Waals surface area contributed by atoms with Crippen LogP contribution >= 0.6 is 15.9 Å². The van der Waals surface area contributed by atoms with Crippen molar-refractivity contribution in [3.63, 3.8) is 0 Å². The molecule has 2 N–H and O–H groups in total. The first-order valence-electron chi connectivity index (χ1n) is 3.28. The summed E-state index contributed by atoms with van der Waals surface area (Å²) < 4.78 is -1.38. The third kappa shape index (κ3) is 1.38. The normalized spacial score (nSPS) is 31.2. The van der Waals surface area contributed by atoms with Crippen molar-refractivity contribution in [2.75, 3.05) is 6.54 Å². The molecule has 4 nitrogen and oxygen atoms in total. The van der Waals surface area contributed by atoms with Crippen molar-refractivity contribution in [3.8, 4) is 0 Å². The summed E-state index contributed by atoms with van der Waals surface area (Å²) in [5.41, 5.74) is 0. The van der Waals surface area contributed by atoms with E-state index in [0.717, 1.165) is 0 Å². The molecule has 0 bridgehead atoms. The number of piperidine rings is 1. The standard InChI is InChI=1S/C6H8BrNO3/c7-6(5(10)11)2-1-3-8-4(6)9/h1-3H2,(H,8,9)(H,10,11). The van der Waals surface area contributed by atoms with Crippen molar-refractivity contribution in [3.05, 3.63) is 0 Å². The summed E-state index contributed by atoms with van der Waals surface area (Å²) in [7, 11) is 0. The van der Waals surface area contributed by atoms with Crippen LogP contribution in [0.2, 0.25) is 0 Å². The van der Waals surface area contributed by atoms with Crippen LogP contribution in [0.15, 0.2) is 0 Å². The van der Waals surface area contributed by atoms with Gasteiger partial charge < -0.3 is 10.4 Å². The van der Waals surface area contributed by atoms with E-state index < -0.39 is 16.2 Å². The van der Waals surface area contributed by atoms with Crippen LogP contribution in [-0.2, 0) is 9.59 Å². The first-order chi connectivity index (χ1) is 5.07. The molecule has 11 heavy (non-hydrogen) atoms. The Bertz CT molecular complexity index is 206. The maximum Gasteiger partial charge on any atom is 0.330 e. The molecular formula is C6H8BrNO3. The molecule has 1 amide bonds. The Morgan fingerprint density at radius 1 is 1.73 bits per heavy atom. The fraction of sp³-hybridized carbons (Fsp3) is 0.667. The molecule has 1 heterocycles. The second-order valence-corrected chi connectivity index (χ2v) is 3.82. The number of amides is 1. The van der Waals surface area contributed by atoms with Crippen LogP contribution in [0, 0.1) is 0 Å². The van der Waals surface area contributed by atoms with E-state index in [1.54, 1.807) is 0 Å². The molecule has 0 saturated carbocycles. The van der Waals surface area contributed by atoms with Gasteiger partial charge in [-0.05, 0) is 12.8 Å². The summed E-state index contributed by atoms with van der Waals surface area (Å²) in [5.74, 6) is -1.56. The lowest BCUT2D eigenvalue weighted by Crippen LogP contribution is -2.51. The molecule has 0 aromatic rings. The molecule has 1 saturated heterocycles. The fourth-order valence-corrected chi connectivity index (χ4v) is 1.41. The van der Waals surface area contributed by atoms with Crippen LogP contribution in [0.1, 0.15) is 12.8 Å². The van der Waals surface area contributed by atoms with Crippen LogP contribution in [0.4, 0.5) is 0 Å². The summed E-state index contributed by atoms with van der Waals surface area (Å²) in [6.45, 7) is 0.569. The first kappa shape index (κ1) is 8.52. The molecule has 0 spiro atoms. The number of carboxylic acid groups (broad SMARTS) is 1. The predicted octanol–water partition coefficient (Wildman–Crippen LogP) is 0.115. The number of halogens is 1. The smallest absolute Gasteiger partial charge is 0.330 e. The molecule has 1 unspecified atom stereocenters. The first-order valence-corrected chi connectivity index (χ1v) is 4.07. The molecule has 1 aliphatic rings. The molecule has 1 aliphatic heterocycles. The maximum absolute atomic E-state index is 11.0. The lowest BCUT2D eigenvalue weighted by Gasteiger charge is -2.26. The van der Waals surface area contributed by atoms with Crippen LogP contribution in [-0.4, -0.2) is 27.9 Å². The van der Waals surface area contributed by atoms with Crippen LogP contribution in [0.3, 0.4) is 0 Å². The van der Waals surface area contributed by atoms with Gasteiger partial charge in [-0.1, -0.05) is 15.9 Å². The third-order valence-electron chi connectivity index (χ3n) is 1.68. The number of hydrogen-bond acceptors (Lipinski definition) is 2. The van der Waals surface area contributed by atoms with Gasteiger partial charge in [0, 0.05) is 6.54 Å². The Balaban J connectivity index is 2.81. The predicted molar refractivity (Wildman–Crippen MR) is 41.5 cm³/mol. The summed E-state index contributed by atoms with van der Waals surface area (Å²) in [6.07, 6.45) is 1.05. The number of hydrogen-bond donors (Lipinski definition) is 2. The Kier molecular flexibility index (Phi) is 2.17. The van der Waals surface area contributed by atoms with Crippen molar-refractivity contribution in [1.29, 1.82) is 0 Å². The molecule has 0 aromatic heterocycles. The van der Waals surface area contributed by atoms with Gasteiger partial charge in [-0.15, -0.1) is 0 Å². The minimum atomic E-state index is -1.38. The Morgan fingerprint density at radius 3 is 2.73 bits per heavy atom. The Labute approximate surface area is 72.1 Å². The van der Waals surface area contributed by atoms with Crippen LogP contribution in [0.25, 0.3) is 0 Å². The van der Waals surface area contributed by atoms with Gasteiger partial charge in [-0.3, -0.25) is 9.59 Å². The van der Waals surface area contributed by atoms with Crippen LogP contribution in [0.5, 0.6) is 0 Å². The van der Waals surface area contributed by atoms with Gasteiger partial charge in [0.05, 0.1) is 0 Å². The molecular weight excluding hydrogens is 214 g/mol. The van der Waals surface area contributed by atoms with Crippen LogP contribution < -0.4 is 5.32 Å². The number of carbonyl (C=O) groups is 2. The third-order valence-corrected chi connectivity index (χ3v) is 2.78. The molecule has 1 atom stereocenters. The van der Waals surface area contributed by atoms with Gasteiger partial charge in [0.15, 0.2) is 0 Å². The van der Waals surface area contributed by atoms with Gasteiger partial charge in [0.25, 0.3) is 0 Å². The van der Waals surface area contributed by atoms with Crippen molar-refractivity contribution < 1.29 is 14.7 Å². The second-order valence-electron chi connectivity index (χ2n) is 2.47. The van der Waals surface area contributed by atoms with Crippen molar-refractivity contribution in [1.82, 2.24) is 5.32 Å². The summed E-state index contributed by atoms with van der Waals surface area (Å²) in [6, 6.07) is 0. The minimum absolute atomic E-state index is 0.355. The molecule has 0 radical (unpaired) electrons. The van der Waals surface area contributed by atoms with E-state index in [9.17, 15) is 9.59 Å². The zero-order chi connectivity index (χ0) is 8.48. The molecule has 1 fully saturated rings. The lowest BCUT2D eigenvalue weighted by atomic mass is 9.99. The Morgan fingerprint density at radius 2 is 2.36 bits per heavy atom. The Hall–Kier alpha value is -0.580. The molecule has 0 aliphatic carbocycles. The van der Waals surface area contributed by atoms with Gasteiger partial charge in [0.1, 0.15) is 0 Å². The molecule has 5 heteroatoms. The van der Waals surface area contributed by atoms with Gasteiger partial charge in [-0.2, -0.15) is 0 Å². The quantitative estimate of drug-likeness (QED) is 0.489. The van der Waals surface area contributed by atoms with Crippen molar-refractivity contribution in [2.24, 2.45) is 0 Å². The number of nitrogens with one attached hydrogen (secondary N) is 1. The van der Waals surface area contributed by atoms with Crippen molar-refractivity contribution in [2.45, 2.75) is 17.2 Å². The monoisotopic (exact) mass is 221 g/mol. The number of aliphatic carboxylic acids is 1. The van der Waals surface area contributed by atoms with Crippen molar-refractivity contribution >= 4 is 27.8 Å². The molecule has 62 valence electrons. The van der Waals surface area contributed by atoms with E-state index in [-0.39, 0.29) is 0 Å².